The van der Waals surface area contributed by atoms with E-state index in [1.54, 1.807) is 18.3 Å². The molecule has 0 atom stereocenters. The van der Waals surface area contributed by atoms with Gasteiger partial charge >= 0.3 is 0 Å². The van der Waals surface area contributed by atoms with E-state index in [9.17, 15) is 9.18 Å². The summed E-state index contributed by atoms with van der Waals surface area (Å²) in [5.41, 5.74) is 1.95. The Morgan fingerprint density at radius 2 is 1.91 bits per heavy atom. The molecule has 5 nitrogen and oxygen atoms in total. The summed E-state index contributed by atoms with van der Waals surface area (Å²) in [4.78, 5) is 21.4. The predicted molar refractivity (Wildman–Crippen MR) is 78.9 cm³/mol. The fraction of sp³-hybridized carbons (Fsp3) is 0.188. The van der Waals surface area contributed by atoms with Crippen LogP contribution in [0.2, 0.25) is 0 Å². The van der Waals surface area contributed by atoms with E-state index >= 15 is 0 Å². The molecule has 0 amide bonds. The fourth-order valence-electron chi connectivity index (χ4n) is 2.75. The van der Waals surface area contributed by atoms with Gasteiger partial charge in [0.1, 0.15) is 11.3 Å². The summed E-state index contributed by atoms with van der Waals surface area (Å²) in [5, 5.41) is 0. The molecule has 3 aromatic rings. The third-order valence-corrected chi connectivity index (χ3v) is 3.74. The van der Waals surface area contributed by atoms with E-state index in [1.165, 1.54) is 22.9 Å². The third kappa shape index (κ3) is 1.88. The van der Waals surface area contributed by atoms with Crippen molar-refractivity contribution in [3.05, 3.63) is 58.4 Å². The minimum absolute atomic E-state index is 0.186. The van der Waals surface area contributed by atoms with Crippen molar-refractivity contribution in [2.24, 2.45) is 0 Å². The van der Waals surface area contributed by atoms with Crippen LogP contribution in [0.1, 0.15) is 12.0 Å². The number of hydrogen-bond acceptors (Lipinski definition) is 4. The molecule has 4 rings (SSSR count). The molecule has 0 aliphatic carbocycles. The topological polar surface area (TPSA) is 57.0 Å². The van der Waals surface area contributed by atoms with Crippen molar-refractivity contribution in [3.8, 4) is 11.4 Å². The molecule has 0 spiro atoms. The second kappa shape index (κ2) is 4.91. The average Bonchev–Trinajstić information content (AvgIpc) is 2.57. The molecule has 1 aliphatic rings. The number of nitrogens with zero attached hydrogens (tertiary/aromatic N) is 3. The van der Waals surface area contributed by atoms with Crippen molar-refractivity contribution < 1.29 is 9.13 Å². The second-order valence-electron chi connectivity index (χ2n) is 5.11. The SMILES string of the molecule is O=c1c2c(c3nccnc3n1-c1ccc(F)cc1)OCCC2. The van der Waals surface area contributed by atoms with Crippen molar-refractivity contribution in [2.45, 2.75) is 12.8 Å². The van der Waals surface area contributed by atoms with Crippen molar-refractivity contribution >= 4 is 11.2 Å². The van der Waals surface area contributed by atoms with Crippen molar-refractivity contribution in [1.29, 1.82) is 0 Å². The van der Waals surface area contributed by atoms with Gasteiger partial charge in [-0.15, -0.1) is 0 Å². The highest BCUT2D eigenvalue weighted by Gasteiger charge is 2.23. The van der Waals surface area contributed by atoms with Gasteiger partial charge in [0.25, 0.3) is 5.56 Å². The van der Waals surface area contributed by atoms with Crippen LogP contribution in [-0.2, 0) is 6.42 Å². The normalized spacial score (nSPS) is 13.7. The van der Waals surface area contributed by atoms with Gasteiger partial charge in [-0.2, -0.15) is 0 Å². The van der Waals surface area contributed by atoms with Gasteiger partial charge in [0.05, 0.1) is 17.9 Å². The molecule has 110 valence electrons. The standard InChI is InChI=1S/C16H12FN3O2/c17-10-3-5-11(6-4-10)20-15-13(18-7-8-19-15)14-12(16(20)21)2-1-9-22-14/h3-8H,1-2,9H2. The van der Waals surface area contributed by atoms with E-state index in [2.05, 4.69) is 9.97 Å². The highest BCUT2D eigenvalue weighted by Crippen LogP contribution is 2.29. The Hall–Kier alpha value is -2.76. The number of hydrogen-bond donors (Lipinski definition) is 0. The van der Waals surface area contributed by atoms with E-state index in [1.807, 2.05) is 0 Å². The van der Waals surface area contributed by atoms with Gasteiger partial charge in [-0.3, -0.25) is 9.36 Å². The Bertz CT molecular complexity index is 919. The third-order valence-electron chi connectivity index (χ3n) is 3.74. The zero-order chi connectivity index (χ0) is 15.1. The largest absolute Gasteiger partial charge is 0.491 e. The summed E-state index contributed by atoms with van der Waals surface area (Å²) in [6, 6.07) is 5.75. The molecule has 0 unspecified atom stereocenters. The monoisotopic (exact) mass is 297 g/mol. The van der Waals surface area contributed by atoms with Crippen LogP contribution in [0, 0.1) is 5.82 Å². The van der Waals surface area contributed by atoms with E-state index in [-0.39, 0.29) is 11.4 Å². The number of aromatic nitrogens is 3. The first-order valence-electron chi connectivity index (χ1n) is 7.03. The number of ether oxygens (including phenoxy) is 1. The lowest BCUT2D eigenvalue weighted by Crippen LogP contribution is -2.27. The Balaban J connectivity index is 2.12. The quantitative estimate of drug-likeness (QED) is 0.691. The molecule has 0 saturated heterocycles. The number of benzene rings is 1. The van der Waals surface area contributed by atoms with Crippen LogP contribution in [0.15, 0.2) is 41.5 Å². The molecule has 1 aliphatic heterocycles. The van der Waals surface area contributed by atoms with Crippen LogP contribution < -0.4 is 10.3 Å². The average molecular weight is 297 g/mol. The molecule has 0 radical (unpaired) electrons. The van der Waals surface area contributed by atoms with Crippen molar-refractivity contribution in [3.63, 3.8) is 0 Å². The molecular formula is C16H12FN3O2. The summed E-state index contributed by atoms with van der Waals surface area (Å²) >= 11 is 0. The molecule has 0 N–H and O–H groups in total. The van der Waals surface area contributed by atoms with Gasteiger partial charge in [-0.25, -0.2) is 14.4 Å². The van der Waals surface area contributed by atoms with Crippen LogP contribution in [0.4, 0.5) is 4.39 Å². The lowest BCUT2D eigenvalue weighted by Gasteiger charge is -2.20. The summed E-state index contributed by atoms with van der Waals surface area (Å²) in [6.45, 7) is 0.568. The highest BCUT2D eigenvalue weighted by atomic mass is 19.1. The Kier molecular flexibility index (Phi) is 2.89. The van der Waals surface area contributed by atoms with Gasteiger partial charge in [0, 0.05) is 12.4 Å². The summed E-state index contributed by atoms with van der Waals surface area (Å²) < 4.78 is 20.3. The lowest BCUT2D eigenvalue weighted by molar-refractivity contribution is 0.290. The number of pyridine rings is 1. The van der Waals surface area contributed by atoms with Crippen molar-refractivity contribution in [1.82, 2.24) is 14.5 Å². The number of halogens is 1. The summed E-state index contributed by atoms with van der Waals surface area (Å²) in [7, 11) is 0. The van der Waals surface area contributed by atoms with E-state index in [0.29, 0.717) is 41.2 Å². The first-order chi connectivity index (χ1) is 10.8. The van der Waals surface area contributed by atoms with Crippen LogP contribution in [-0.4, -0.2) is 21.1 Å². The van der Waals surface area contributed by atoms with Crippen LogP contribution in [0.5, 0.6) is 5.75 Å². The zero-order valence-electron chi connectivity index (χ0n) is 11.6. The molecular weight excluding hydrogens is 285 g/mol. The number of rotatable bonds is 1. The molecule has 22 heavy (non-hydrogen) atoms. The number of fused-ring (bicyclic) bond motifs is 3. The Labute approximate surface area is 125 Å². The van der Waals surface area contributed by atoms with Crippen LogP contribution >= 0.6 is 0 Å². The molecule has 0 saturated carbocycles. The molecule has 0 bridgehead atoms. The second-order valence-corrected chi connectivity index (χ2v) is 5.11. The minimum atomic E-state index is -0.353. The Morgan fingerprint density at radius 1 is 1.14 bits per heavy atom. The molecule has 2 aromatic heterocycles. The maximum absolute atomic E-state index is 13.2. The summed E-state index contributed by atoms with van der Waals surface area (Å²) in [6.07, 6.45) is 4.52. The minimum Gasteiger partial charge on any atom is -0.491 e. The predicted octanol–water partition coefficient (Wildman–Crippen LogP) is 2.24. The molecule has 6 heteroatoms. The maximum Gasteiger partial charge on any atom is 0.263 e. The zero-order valence-corrected chi connectivity index (χ0v) is 11.6. The molecule has 0 fully saturated rings. The van der Waals surface area contributed by atoms with Crippen LogP contribution in [0.3, 0.4) is 0 Å². The Morgan fingerprint density at radius 3 is 2.73 bits per heavy atom. The van der Waals surface area contributed by atoms with Crippen molar-refractivity contribution in [2.75, 3.05) is 6.61 Å². The van der Waals surface area contributed by atoms with E-state index in [4.69, 9.17) is 4.74 Å². The van der Waals surface area contributed by atoms with E-state index in [0.717, 1.165) is 6.42 Å². The van der Waals surface area contributed by atoms with E-state index < -0.39 is 0 Å². The van der Waals surface area contributed by atoms with Gasteiger partial charge in [-0.1, -0.05) is 0 Å². The van der Waals surface area contributed by atoms with Crippen LogP contribution in [0.25, 0.3) is 16.9 Å². The molecule has 3 heterocycles. The van der Waals surface area contributed by atoms with Gasteiger partial charge < -0.3 is 4.74 Å². The van der Waals surface area contributed by atoms with Gasteiger partial charge in [-0.05, 0) is 37.1 Å². The first-order valence-corrected chi connectivity index (χ1v) is 7.03. The molecule has 1 aromatic carbocycles. The van der Waals surface area contributed by atoms with Gasteiger partial charge in [0.2, 0.25) is 0 Å². The van der Waals surface area contributed by atoms with Gasteiger partial charge in [0.15, 0.2) is 11.4 Å². The fourth-order valence-corrected chi connectivity index (χ4v) is 2.75. The highest BCUT2D eigenvalue weighted by molar-refractivity contribution is 5.81. The maximum atomic E-state index is 13.2. The smallest absolute Gasteiger partial charge is 0.263 e. The summed E-state index contributed by atoms with van der Waals surface area (Å²) in [5.74, 6) is 0.172. The first kappa shape index (κ1) is 12.9. The lowest BCUT2D eigenvalue weighted by atomic mass is 10.1.